The number of ketones is 1. The van der Waals surface area contributed by atoms with Gasteiger partial charge in [-0.3, -0.25) is 4.79 Å². The molecule has 1 aromatic carbocycles. The van der Waals surface area contributed by atoms with Crippen LogP contribution < -0.4 is 10.6 Å². The molecule has 2 N–H and O–H groups in total. The van der Waals surface area contributed by atoms with Gasteiger partial charge in [-0.2, -0.15) is 0 Å². The van der Waals surface area contributed by atoms with Crippen LogP contribution in [0.1, 0.15) is 132 Å². The molecule has 8 atom stereocenters. The molecule has 0 radical (unpaired) electrons. The summed E-state index contributed by atoms with van der Waals surface area (Å²) in [7, 11) is 0. The maximum Gasteiger partial charge on any atom is 0.315 e. The Bertz CT molecular complexity index is 1390. The molecular weight excluding hydrogens is 540 g/mol. The Hall–Kier alpha value is -2.10. The van der Waals surface area contributed by atoms with Crippen molar-refractivity contribution in [3.63, 3.8) is 0 Å². The lowest BCUT2D eigenvalue weighted by Crippen LogP contribution is -2.69. The Balaban J connectivity index is 1.23. The average molecular weight is 599 g/mol. The third-order valence-electron chi connectivity index (χ3n) is 15.5. The van der Waals surface area contributed by atoms with E-state index in [0.717, 1.165) is 38.5 Å². The highest BCUT2D eigenvalue weighted by atomic mass is 16.2. The SMILES string of the molecule is CC(C)C1=C2[C@H]3CC[C@@H]4[C@@]5(C)C(NC(=O)NC6(c7ccccc7)CC6)CCC(C)(C)[C@@H]5CC[C@@]4(C)[C@]3(C)CC[C@@]2(C)CC1=O. The smallest absolute Gasteiger partial charge is 0.315 e. The summed E-state index contributed by atoms with van der Waals surface area (Å²) in [5.74, 6) is 2.37. The monoisotopic (exact) mass is 598 g/mol. The normalized spacial score (nSPS) is 43.4. The fourth-order valence-corrected chi connectivity index (χ4v) is 12.9. The molecule has 44 heavy (non-hydrogen) atoms. The predicted octanol–water partition coefficient (Wildman–Crippen LogP) is 9.34. The maximum atomic E-state index is 13.9. The van der Waals surface area contributed by atoms with Crippen LogP contribution in [0.25, 0.3) is 0 Å². The van der Waals surface area contributed by atoms with Crippen molar-refractivity contribution in [3.05, 3.63) is 47.0 Å². The van der Waals surface area contributed by atoms with E-state index in [2.05, 4.69) is 96.4 Å². The third kappa shape index (κ3) is 4.06. The molecule has 0 aromatic heterocycles. The minimum atomic E-state index is -0.207. The number of urea groups is 1. The first kappa shape index (κ1) is 30.5. The molecule has 5 saturated carbocycles. The third-order valence-corrected chi connectivity index (χ3v) is 15.5. The van der Waals surface area contributed by atoms with E-state index in [1.54, 1.807) is 5.57 Å². The first-order chi connectivity index (χ1) is 20.6. The predicted molar refractivity (Wildman–Crippen MR) is 178 cm³/mol. The Morgan fingerprint density at radius 2 is 1.50 bits per heavy atom. The lowest BCUT2D eigenvalue weighted by Gasteiger charge is -2.72. The number of benzene rings is 1. The molecule has 6 aliphatic carbocycles. The molecule has 4 heteroatoms. The summed E-state index contributed by atoms with van der Waals surface area (Å²) in [5, 5.41) is 7.12. The fraction of sp³-hybridized carbons (Fsp3) is 0.750. The van der Waals surface area contributed by atoms with Crippen molar-refractivity contribution in [3.8, 4) is 0 Å². The molecule has 5 fully saturated rings. The van der Waals surface area contributed by atoms with Gasteiger partial charge in [0.05, 0.1) is 5.54 Å². The van der Waals surface area contributed by atoms with Gasteiger partial charge >= 0.3 is 6.03 Å². The molecule has 0 aliphatic heterocycles. The Kier molecular flexibility index (Phi) is 6.74. The van der Waals surface area contributed by atoms with Crippen molar-refractivity contribution < 1.29 is 9.59 Å². The molecule has 0 bridgehead atoms. The van der Waals surface area contributed by atoms with Gasteiger partial charge in [-0.15, -0.1) is 0 Å². The summed E-state index contributed by atoms with van der Waals surface area (Å²) in [6.45, 7) is 19.8. The van der Waals surface area contributed by atoms with Gasteiger partial charge in [-0.05, 0) is 126 Å². The summed E-state index contributed by atoms with van der Waals surface area (Å²) >= 11 is 0. The van der Waals surface area contributed by atoms with Crippen molar-refractivity contribution in [2.24, 2.45) is 50.7 Å². The Morgan fingerprint density at radius 1 is 0.795 bits per heavy atom. The number of rotatable bonds is 4. The zero-order valence-electron chi connectivity index (χ0n) is 28.9. The van der Waals surface area contributed by atoms with Crippen molar-refractivity contribution in [2.75, 3.05) is 0 Å². The summed E-state index contributed by atoms with van der Waals surface area (Å²) in [6.07, 6.45) is 12.2. The largest absolute Gasteiger partial charge is 0.335 e. The fourth-order valence-electron chi connectivity index (χ4n) is 12.9. The molecule has 0 spiro atoms. The average Bonchev–Trinajstić information content (AvgIpc) is 3.67. The summed E-state index contributed by atoms with van der Waals surface area (Å²) in [5.41, 5.74) is 4.47. The number of allylic oxidation sites excluding steroid dienone is 2. The molecule has 240 valence electrons. The van der Waals surface area contributed by atoms with Crippen LogP contribution in [0.2, 0.25) is 0 Å². The number of hydrogen-bond donors (Lipinski definition) is 2. The second-order valence-corrected chi connectivity index (χ2v) is 18.2. The summed E-state index contributed by atoms with van der Waals surface area (Å²) < 4.78 is 0. The zero-order chi connectivity index (χ0) is 31.5. The lowest BCUT2D eigenvalue weighted by molar-refractivity contribution is -0.219. The van der Waals surface area contributed by atoms with E-state index in [4.69, 9.17) is 0 Å². The van der Waals surface area contributed by atoms with E-state index in [0.29, 0.717) is 29.5 Å². The number of carbonyl (C=O) groups is 2. The van der Waals surface area contributed by atoms with E-state index >= 15 is 0 Å². The molecule has 0 heterocycles. The number of nitrogens with one attached hydrogen (secondary N) is 2. The minimum Gasteiger partial charge on any atom is -0.335 e. The van der Waals surface area contributed by atoms with E-state index in [1.165, 1.54) is 43.2 Å². The number of hydrogen-bond acceptors (Lipinski definition) is 2. The molecule has 0 saturated heterocycles. The van der Waals surface area contributed by atoms with Gasteiger partial charge in [0.25, 0.3) is 0 Å². The van der Waals surface area contributed by atoms with E-state index in [1.807, 2.05) is 0 Å². The number of carbonyl (C=O) groups excluding carboxylic acids is 2. The van der Waals surface area contributed by atoms with Crippen LogP contribution in [0.5, 0.6) is 0 Å². The van der Waals surface area contributed by atoms with Gasteiger partial charge in [0.1, 0.15) is 0 Å². The van der Waals surface area contributed by atoms with Crippen LogP contribution in [0.3, 0.4) is 0 Å². The van der Waals surface area contributed by atoms with Crippen molar-refractivity contribution in [1.82, 2.24) is 10.6 Å². The van der Waals surface area contributed by atoms with Crippen molar-refractivity contribution in [1.29, 1.82) is 0 Å². The summed E-state index contributed by atoms with van der Waals surface area (Å²) in [6, 6.07) is 10.7. The van der Waals surface area contributed by atoms with Crippen LogP contribution in [-0.2, 0) is 10.3 Å². The van der Waals surface area contributed by atoms with Crippen LogP contribution in [0, 0.1) is 50.7 Å². The van der Waals surface area contributed by atoms with Crippen LogP contribution in [0.4, 0.5) is 4.79 Å². The number of fused-ring (bicyclic) bond motifs is 7. The van der Waals surface area contributed by atoms with Crippen LogP contribution >= 0.6 is 0 Å². The molecule has 2 amide bonds. The second-order valence-electron chi connectivity index (χ2n) is 18.2. The van der Waals surface area contributed by atoms with E-state index in [9.17, 15) is 9.59 Å². The second kappa shape index (κ2) is 9.71. The van der Waals surface area contributed by atoms with Gasteiger partial charge in [-0.1, -0.05) is 91.3 Å². The standard InChI is InChI=1S/C40H58N2O2/c1-25(2)32-28(43)24-36(5)20-21-37(6)27(33(32)36)14-15-30-38(37,7)19-16-29-35(3,4)18-17-31(39(29,30)8)41-34(44)42-40(22-23-40)26-12-10-9-11-13-26/h9-13,25,27,29-31H,14-24H2,1-8H3,(H2,41,42,44)/t27-,29+,30+,31?,36+,37-,38-,39+/m1/s1. The highest BCUT2D eigenvalue weighted by molar-refractivity contribution is 6.00. The quantitative estimate of drug-likeness (QED) is 0.363. The first-order valence-electron chi connectivity index (χ1n) is 18.0. The topological polar surface area (TPSA) is 58.2 Å². The Labute approximate surface area is 267 Å². The zero-order valence-corrected chi connectivity index (χ0v) is 28.9. The molecular formula is C40H58N2O2. The minimum absolute atomic E-state index is 0.0211. The van der Waals surface area contributed by atoms with Crippen molar-refractivity contribution in [2.45, 2.75) is 138 Å². The van der Waals surface area contributed by atoms with E-state index in [-0.39, 0.29) is 44.7 Å². The lowest BCUT2D eigenvalue weighted by atomic mass is 9.32. The van der Waals surface area contributed by atoms with E-state index < -0.39 is 0 Å². The highest BCUT2D eigenvalue weighted by Crippen LogP contribution is 2.76. The maximum absolute atomic E-state index is 13.9. The van der Waals surface area contributed by atoms with Gasteiger partial charge in [-0.25, -0.2) is 4.79 Å². The molecule has 6 aliphatic rings. The van der Waals surface area contributed by atoms with Crippen molar-refractivity contribution >= 4 is 11.8 Å². The molecule has 1 unspecified atom stereocenters. The molecule has 4 nitrogen and oxygen atoms in total. The van der Waals surface area contributed by atoms with Crippen LogP contribution in [0.15, 0.2) is 41.5 Å². The number of Topliss-reactive ketones (excluding diaryl/α,β-unsaturated/α-hetero) is 1. The Morgan fingerprint density at radius 3 is 2.16 bits per heavy atom. The van der Waals surface area contributed by atoms with Gasteiger partial charge in [0, 0.05) is 12.5 Å². The van der Waals surface area contributed by atoms with Gasteiger partial charge in [0.2, 0.25) is 0 Å². The first-order valence-corrected chi connectivity index (χ1v) is 18.0. The molecule has 7 rings (SSSR count). The summed E-state index contributed by atoms with van der Waals surface area (Å²) in [4.78, 5) is 27.4. The van der Waals surface area contributed by atoms with Gasteiger partial charge < -0.3 is 10.6 Å². The molecule has 1 aromatic rings. The highest BCUT2D eigenvalue weighted by Gasteiger charge is 2.70. The van der Waals surface area contributed by atoms with Gasteiger partial charge in [0.15, 0.2) is 5.78 Å². The number of amides is 2. The van der Waals surface area contributed by atoms with Crippen LogP contribution in [-0.4, -0.2) is 17.9 Å².